The second kappa shape index (κ2) is 6.43. The van der Waals surface area contributed by atoms with Gasteiger partial charge in [0.05, 0.1) is 17.7 Å². The molecule has 2 rings (SSSR count). The average Bonchev–Trinajstić information content (AvgIpc) is 2.68. The van der Waals surface area contributed by atoms with Crippen LogP contribution >= 0.6 is 11.8 Å². The van der Waals surface area contributed by atoms with E-state index in [1.807, 2.05) is 0 Å². The van der Waals surface area contributed by atoms with Crippen molar-refractivity contribution in [1.29, 1.82) is 0 Å². The predicted octanol–water partition coefficient (Wildman–Crippen LogP) is 1.41. The minimum absolute atomic E-state index is 0.0578. The summed E-state index contributed by atoms with van der Waals surface area (Å²) < 4.78 is 4.89. The molecule has 0 spiro atoms. The third-order valence-electron chi connectivity index (χ3n) is 3.36. The van der Waals surface area contributed by atoms with Crippen LogP contribution in [0, 0.1) is 0 Å². The number of likely N-dealkylation sites (tertiary alicyclic amines) is 1. The molecule has 2 fully saturated rings. The fourth-order valence-electron chi connectivity index (χ4n) is 2.32. The Kier molecular flexibility index (Phi) is 4.87. The Balaban J connectivity index is 2.05. The molecule has 2 aliphatic rings. The molecule has 0 unspecified atom stereocenters. The van der Waals surface area contributed by atoms with Crippen molar-refractivity contribution in [3.8, 4) is 0 Å². The third-order valence-corrected chi connectivity index (χ3v) is 4.71. The Morgan fingerprint density at radius 2 is 2.11 bits per heavy atom. The van der Waals surface area contributed by atoms with E-state index in [1.54, 1.807) is 18.9 Å². The SMILES string of the molecule is CCOC(=O)/C=C1\S[C@H](N2CCCCC2)C(=O)N1C. The van der Waals surface area contributed by atoms with Crippen molar-refractivity contribution in [3.63, 3.8) is 0 Å². The van der Waals surface area contributed by atoms with Gasteiger partial charge in [-0.25, -0.2) is 4.79 Å². The summed E-state index contributed by atoms with van der Waals surface area (Å²) in [6, 6.07) is 0. The fourth-order valence-corrected chi connectivity index (χ4v) is 3.58. The fraction of sp³-hybridized carbons (Fsp3) is 0.692. The van der Waals surface area contributed by atoms with Gasteiger partial charge in [0, 0.05) is 7.05 Å². The highest BCUT2D eigenvalue weighted by atomic mass is 32.2. The molecular weight excluding hydrogens is 264 g/mol. The summed E-state index contributed by atoms with van der Waals surface area (Å²) in [5.74, 6) is -0.327. The summed E-state index contributed by atoms with van der Waals surface area (Å²) >= 11 is 1.45. The highest BCUT2D eigenvalue weighted by Gasteiger charge is 2.39. The Hall–Kier alpha value is -1.01. The summed E-state index contributed by atoms with van der Waals surface area (Å²) in [5.41, 5.74) is 0. The molecule has 1 atom stereocenters. The van der Waals surface area contributed by atoms with Gasteiger partial charge in [-0.15, -0.1) is 0 Å². The first-order valence-corrected chi connectivity index (χ1v) is 7.58. The summed E-state index contributed by atoms with van der Waals surface area (Å²) in [7, 11) is 1.71. The van der Waals surface area contributed by atoms with Crippen molar-refractivity contribution in [2.45, 2.75) is 31.6 Å². The summed E-state index contributed by atoms with van der Waals surface area (Å²) in [5, 5.41) is 0.505. The van der Waals surface area contributed by atoms with Gasteiger partial charge in [-0.1, -0.05) is 18.2 Å². The number of likely N-dealkylation sites (N-methyl/N-ethyl adjacent to an activating group) is 1. The Bertz CT molecular complexity index is 391. The molecule has 0 N–H and O–H groups in total. The van der Waals surface area contributed by atoms with E-state index < -0.39 is 0 Å². The highest BCUT2D eigenvalue weighted by molar-refractivity contribution is 8.04. The second-order valence-corrected chi connectivity index (χ2v) is 5.80. The monoisotopic (exact) mass is 284 g/mol. The molecule has 2 heterocycles. The normalized spacial score (nSPS) is 27.1. The van der Waals surface area contributed by atoms with Gasteiger partial charge in [0.25, 0.3) is 5.91 Å². The lowest BCUT2D eigenvalue weighted by molar-refractivity contribution is -0.137. The number of ether oxygens (including phenoxy) is 1. The average molecular weight is 284 g/mol. The topological polar surface area (TPSA) is 49.9 Å². The zero-order chi connectivity index (χ0) is 13.8. The first-order valence-electron chi connectivity index (χ1n) is 6.70. The summed E-state index contributed by atoms with van der Waals surface area (Å²) in [6.07, 6.45) is 4.94. The number of hydrogen-bond acceptors (Lipinski definition) is 5. The van der Waals surface area contributed by atoms with Crippen LogP contribution in [0.4, 0.5) is 0 Å². The number of carbonyl (C=O) groups excluding carboxylic acids is 2. The van der Waals surface area contributed by atoms with E-state index in [1.165, 1.54) is 24.3 Å². The maximum Gasteiger partial charge on any atom is 0.333 e. The molecule has 1 amide bonds. The molecule has 0 bridgehead atoms. The van der Waals surface area contributed by atoms with Crippen molar-refractivity contribution in [2.24, 2.45) is 0 Å². The van der Waals surface area contributed by atoms with Gasteiger partial charge >= 0.3 is 5.97 Å². The second-order valence-electron chi connectivity index (χ2n) is 4.70. The molecule has 0 aromatic carbocycles. The molecule has 19 heavy (non-hydrogen) atoms. The largest absolute Gasteiger partial charge is 0.463 e. The number of rotatable bonds is 3. The molecule has 6 heteroatoms. The van der Waals surface area contributed by atoms with E-state index in [-0.39, 0.29) is 17.3 Å². The van der Waals surface area contributed by atoms with Crippen LogP contribution in [0.5, 0.6) is 0 Å². The molecule has 0 aliphatic carbocycles. The van der Waals surface area contributed by atoms with Gasteiger partial charge in [-0.05, 0) is 32.9 Å². The van der Waals surface area contributed by atoms with Crippen LogP contribution in [0.3, 0.4) is 0 Å². The highest BCUT2D eigenvalue weighted by Crippen LogP contribution is 2.36. The number of esters is 1. The van der Waals surface area contributed by atoms with E-state index in [4.69, 9.17) is 4.74 Å². The third kappa shape index (κ3) is 3.30. The van der Waals surface area contributed by atoms with Crippen molar-refractivity contribution in [2.75, 3.05) is 26.7 Å². The van der Waals surface area contributed by atoms with Crippen molar-refractivity contribution >= 4 is 23.6 Å². The number of piperidine rings is 1. The van der Waals surface area contributed by atoms with Gasteiger partial charge in [0.2, 0.25) is 0 Å². The van der Waals surface area contributed by atoms with E-state index in [0.717, 1.165) is 25.9 Å². The minimum atomic E-state index is -0.385. The molecule has 5 nitrogen and oxygen atoms in total. The van der Waals surface area contributed by atoms with Crippen LogP contribution in [0.1, 0.15) is 26.2 Å². The first kappa shape index (κ1) is 14.4. The number of thioether (sulfide) groups is 1. The van der Waals surface area contributed by atoms with Crippen LogP contribution in [0.15, 0.2) is 11.1 Å². The Morgan fingerprint density at radius 3 is 2.74 bits per heavy atom. The number of carbonyl (C=O) groups is 2. The number of nitrogens with zero attached hydrogens (tertiary/aromatic N) is 2. The Labute approximate surface area is 117 Å². The zero-order valence-corrected chi connectivity index (χ0v) is 12.2. The Morgan fingerprint density at radius 1 is 1.42 bits per heavy atom. The number of hydrogen-bond donors (Lipinski definition) is 0. The van der Waals surface area contributed by atoms with Crippen LogP contribution in [-0.4, -0.2) is 53.8 Å². The zero-order valence-electron chi connectivity index (χ0n) is 11.4. The molecule has 106 valence electrons. The van der Waals surface area contributed by atoms with Crippen LogP contribution in [-0.2, 0) is 14.3 Å². The summed E-state index contributed by atoms with van der Waals surface area (Å²) in [6.45, 7) is 4.04. The van der Waals surface area contributed by atoms with E-state index >= 15 is 0 Å². The van der Waals surface area contributed by atoms with Crippen LogP contribution in [0.25, 0.3) is 0 Å². The van der Waals surface area contributed by atoms with Crippen molar-refractivity contribution in [3.05, 3.63) is 11.1 Å². The van der Waals surface area contributed by atoms with Crippen LogP contribution < -0.4 is 0 Å². The predicted molar refractivity (Wildman–Crippen MR) is 74.3 cm³/mol. The maximum absolute atomic E-state index is 12.2. The lowest BCUT2D eigenvalue weighted by atomic mass is 10.1. The van der Waals surface area contributed by atoms with Gasteiger partial charge in [-0.2, -0.15) is 0 Å². The molecule has 0 aromatic rings. The molecule has 0 saturated carbocycles. The van der Waals surface area contributed by atoms with Crippen molar-refractivity contribution in [1.82, 2.24) is 9.80 Å². The van der Waals surface area contributed by atoms with Crippen LogP contribution in [0.2, 0.25) is 0 Å². The van der Waals surface area contributed by atoms with E-state index in [0.29, 0.717) is 11.6 Å². The van der Waals surface area contributed by atoms with Gasteiger partial charge in [0.15, 0.2) is 0 Å². The standard InChI is InChI=1S/C13H20N2O3S/c1-3-18-11(16)9-10-14(2)12(17)13(19-10)15-7-5-4-6-8-15/h9,13H,3-8H2,1-2H3/b10-9-/t13-/m0/s1. The first-order chi connectivity index (χ1) is 9.13. The van der Waals surface area contributed by atoms with Gasteiger partial charge in [-0.3, -0.25) is 9.69 Å². The molecule has 2 aliphatic heterocycles. The smallest absolute Gasteiger partial charge is 0.333 e. The molecule has 0 radical (unpaired) electrons. The van der Waals surface area contributed by atoms with E-state index in [2.05, 4.69) is 4.90 Å². The minimum Gasteiger partial charge on any atom is -0.463 e. The molecule has 2 saturated heterocycles. The van der Waals surface area contributed by atoms with Gasteiger partial charge in [0.1, 0.15) is 5.37 Å². The number of amides is 1. The van der Waals surface area contributed by atoms with Gasteiger partial charge < -0.3 is 9.64 Å². The lowest BCUT2D eigenvalue weighted by Crippen LogP contribution is -2.42. The maximum atomic E-state index is 12.2. The van der Waals surface area contributed by atoms with E-state index in [9.17, 15) is 9.59 Å². The lowest BCUT2D eigenvalue weighted by Gasteiger charge is -2.29. The quantitative estimate of drug-likeness (QED) is 0.579. The summed E-state index contributed by atoms with van der Waals surface area (Å²) in [4.78, 5) is 27.5. The van der Waals surface area contributed by atoms with Crippen molar-refractivity contribution < 1.29 is 14.3 Å². The molecular formula is C13H20N2O3S. The molecule has 0 aromatic heterocycles.